The minimum absolute atomic E-state index is 0.461. The summed E-state index contributed by atoms with van der Waals surface area (Å²) in [5, 5.41) is 0. The van der Waals surface area contributed by atoms with E-state index in [4.69, 9.17) is 0 Å². The molecule has 1 atom stereocenters. The first-order valence-electron chi connectivity index (χ1n) is 6.28. The van der Waals surface area contributed by atoms with Crippen LogP contribution in [0.1, 0.15) is 51.0 Å². The molecule has 0 amide bonds. The summed E-state index contributed by atoms with van der Waals surface area (Å²) in [6.07, 6.45) is 6.74. The molecule has 0 N–H and O–H groups in total. The summed E-state index contributed by atoms with van der Waals surface area (Å²) in [6, 6.07) is 8.01. The highest BCUT2D eigenvalue weighted by Gasteiger charge is 2.28. The maximum atomic E-state index is 10.2. The molecule has 1 aromatic carbocycles. The summed E-state index contributed by atoms with van der Waals surface area (Å²) >= 11 is 0. The Bertz CT molecular complexity index is 427. The van der Waals surface area contributed by atoms with Crippen molar-refractivity contribution in [1.29, 1.82) is 0 Å². The van der Waals surface area contributed by atoms with E-state index >= 15 is 0 Å². The van der Waals surface area contributed by atoms with Gasteiger partial charge in [0.15, 0.2) is 0 Å². The molecular weight excluding hydrogens is 210 g/mol. The summed E-state index contributed by atoms with van der Waals surface area (Å²) in [5.41, 5.74) is 2.53. The molecule has 1 fully saturated rings. The van der Waals surface area contributed by atoms with Crippen molar-refractivity contribution in [3.05, 3.63) is 29.8 Å². The molecular formula is C15H19NO. The van der Waals surface area contributed by atoms with E-state index in [1.807, 2.05) is 12.1 Å². The Balaban J connectivity index is 2.14. The highest BCUT2D eigenvalue weighted by molar-refractivity contribution is 5.49. The molecule has 1 aliphatic carbocycles. The number of nitrogens with zero attached hydrogens (tertiary/aromatic N) is 1. The van der Waals surface area contributed by atoms with Crippen molar-refractivity contribution in [2.75, 3.05) is 0 Å². The number of rotatable bonds is 2. The van der Waals surface area contributed by atoms with Crippen molar-refractivity contribution in [3.8, 4) is 0 Å². The van der Waals surface area contributed by atoms with Crippen LogP contribution >= 0.6 is 0 Å². The molecule has 90 valence electrons. The molecule has 1 unspecified atom stereocenters. The highest BCUT2D eigenvalue weighted by atomic mass is 16.1. The zero-order chi connectivity index (χ0) is 12.3. The van der Waals surface area contributed by atoms with E-state index in [0.717, 1.165) is 0 Å². The summed E-state index contributed by atoms with van der Waals surface area (Å²) < 4.78 is 0. The van der Waals surface area contributed by atoms with Crippen LogP contribution in [-0.2, 0) is 4.79 Å². The Hall–Kier alpha value is -1.40. The predicted octanol–water partition coefficient (Wildman–Crippen LogP) is 4.34. The van der Waals surface area contributed by atoms with Crippen LogP contribution in [0.3, 0.4) is 0 Å². The molecule has 1 saturated carbocycles. The number of isocyanates is 1. The fourth-order valence-corrected chi connectivity index (χ4v) is 2.86. The first-order valence-corrected chi connectivity index (χ1v) is 6.28. The van der Waals surface area contributed by atoms with Crippen molar-refractivity contribution >= 4 is 11.8 Å². The van der Waals surface area contributed by atoms with Gasteiger partial charge in [0.1, 0.15) is 0 Å². The van der Waals surface area contributed by atoms with Gasteiger partial charge in [0.05, 0.1) is 5.69 Å². The fraction of sp³-hybridized carbons (Fsp3) is 0.533. The topological polar surface area (TPSA) is 29.4 Å². The molecule has 0 aliphatic heterocycles. The Kier molecular flexibility index (Phi) is 3.44. The predicted molar refractivity (Wildman–Crippen MR) is 69.2 cm³/mol. The lowest BCUT2D eigenvalue weighted by Crippen LogP contribution is -2.21. The third-order valence-corrected chi connectivity index (χ3v) is 3.74. The molecule has 1 aromatic rings. The molecule has 0 bridgehead atoms. The SMILES string of the molecule is CC1(C)CCCC(c2ccc(N=C=O)cc2)C1. The molecule has 2 nitrogen and oxygen atoms in total. The van der Waals surface area contributed by atoms with Crippen molar-refractivity contribution in [2.45, 2.75) is 45.4 Å². The number of carbonyl (C=O) groups excluding carboxylic acids is 1. The zero-order valence-electron chi connectivity index (χ0n) is 10.6. The molecule has 0 radical (unpaired) electrons. The molecule has 0 aromatic heterocycles. The molecule has 0 spiro atoms. The number of benzene rings is 1. The van der Waals surface area contributed by atoms with Crippen LogP contribution in [0.2, 0.25) is 0 Å². The quantitative estimate of drug-likeness (QED) is 0.548. The van der Waals surface area contributed by atoms with Crippen molar-refractivity contribution in [2.24, 2.45) is 10.4 Å². The van der Waals surface area contributed by atoms with Crippen LogP contribution in [0.5, 0.6) is 0 Å². The number of hydrogen-bond donors (Lipinski definition) is 0. The molecule has 2 rings (SSSR count). The fourth-order valence-electron chi connectivity index (χ4n) is 2.86. The van der Waals surface area contributed by atoms with Gasteiger partial charge in [-0.25, -0.2) is 4.79 Å². The van der Waals surface area contributed by atoms with Gasteiger partial charge in [-0.3, -0.25) is 0 Å². The van der Waals surface area contributed by atoms with Gasteiger partial charge in [0, 0.05) is 0 Å². The van der Waals surface area contributed by atoms with Crippen LogP contribution in [0.15, 0.2) is 29.3 Å². The van der Waals surface area contributed by atoms with E-state index in [9.17, 15) is 4.79 Å². The second kappa shape index (κ2) is 4.85. The maximum absolute atomic E-state index is 10.2. The maximum Gasteiger partial charge on any atom is 0.240 e. The lowest BCUT2D eigenvalue weighted by atomic mass is 9.70. The van der Waals surface area contributed by atoms with E-state index in [-0.39, 0.29) is 0 Å². The Morgan fingerprint density at radius 3 is 2.59 bits per heavy atom. The van der Waals surface area contributed by atoms with Crippen LogP contribution in [-0.4, -0.2) is 6.08 Å². The number of hydrogen-bond acceptors (Lipinski definition) is 2. The van der Waals surface area contributed by atoms with Gasteiger partial charge in [-0.05, 0) is 48.3 Å². The summed E-state index contributed by atoms with van der Waals surface area (Å²) in [4.78, 5) is 13.8. The molecule has 17 heavy (non-hydrogen) atoms. The van der Waals surface area contributed by atoms with E-state index in [2.05, 4.69) is 31.0 Å². The Labute approximate surface area is 103 Å². The van der Waals surface area contributed by atoms with Gasteiger partial charge >= 0.3 is 0 Å². The van der Waals surface area contributed by atoms with Gasteiger partial charge < -0.3 is 0 Å². The van der Waals surface area contributed by atoms with Gasteiger partial charge in [0.2, 0.25) is 6.08 Å². The summed E-state index contributed by atoms with van der Waals surface area (Å²) in [5.74, 6) is 0.660. The smallest absolute Gasteiger partial charge is 0.211 e. The van der Waals surface area contributed by atoms with Crippen LogP contribution < -0.4 is 0 Å². The number of aliphatic imine (C=N–C) groups is 1. The summed E-state index contributed by atoms with van der Waals surface area (Å²) in [6.45, 7) is 4.70. The Morgan fingerprint density at radius 1 is 1.29 bits per heavy atom. The van der Waals surface area contributed by atoms with Crippen molar-refractivity contribution in [3.63, 3.8) is 0 Å². The molecule has 0 saturated heterocycles. The largest absolute Gasteiger partial charge is 0.240 e. The van der Waals surface area contributed by atoms with E-state index in [1.54, 1.807) is 6.08 Å². The van der Waals surface area contributed by atoms with Crippen LogP contribution in [0, 0.1) is 5.41 Å². The van der Waals surface area contributed by atoms with E-state index < -0.39 is 0 Å². The minimum atomic E-state index is 0.461. The lowest BCUT2D eigenvalue weighted by Gasteiger charge is -2.35. The third-order valence-electron chi connectivity index (χ3n) is 3.74. The van der Waals surface area contributed by atoms with Crippen LogP contribution in [0.25, 0.3) is 0 Å². The minimum Gasteiger partial charge on any atom is -0.211 e. The van der Waals surface area contributed by atoms with Gasteiger partial charge in [-0.15, -0.1) is 0 Å². The monoisotopic (exact) mass is 229 g/mol. The highest BCUT2D eigenvalue weighted by Crippen LogP contribution is 2.43. The van der Waals surface area contributed by atoms with Crippen molar-refractivity contribution in [1.82, 2.24) is 0 Å². The van der Waals surface area contributed by atoms with E-state index in [0.29, 0.717) is 17.0 Å². The van der Waals surface area contributed by atoms with Gasteiger partial charge in [0.25, 0.3) is 0 Å². The average Bonchev–Trinajstić information content (AvgIpc) is 2.29. The second-order valence-corrected chi connectivity index (χ2v) is 5.75. The zero-order valence-corrected chi connectivity index (χ0v) is 10.6. The molecule has 0 heterocycles. The first kappa shape index (κ1) is 12.1. The Morgan fingerprint density at radius 2 is 2.00 bits per heavy atom. The molecule has 2 heteroatoms. The second-order valence-electron chi connectivity index (χ2n) is 5.75. The first-order chi connectivity index (χ1) is 8.11. The summed E-state index contributed by atoms with van der Waals surface area (Å²) in [7, 11) is 0. The van der Waals surface area contributed by atoms with E-state index in [1.165, 1.54) is 31.2 Å². The lowest BCUT2D eigenvalue weighted by molar-refractivity contribution is 0.219. The standard InChI is InChI=1S/C15H19NO/c1-15(2)9-3-4-13(10-15)12-5-7-14(8-6-12)16-11-17/h5-8,13H,3-4,9-10H2,1-2H3. The third kappa shape index (κ3) is 3.04. The molecule has 1 aliphatic rings. The van der Waals surface area contributed by atoms with Gasteiger partial charge in [-0.2, -0.15) is 4.99 Å². The normalized spacial score (nSPS) is 22.8. The van der Waals surface area contributed by atoms with Crippen LogP contribution in [0.4, 0.5) is 5.69 Å². The van der Waals surface area contributed by atoms with Crippen molar-refractivity contribution < 1.29 is 4.79 Å². The van der Waals surface area contributed by atoms with Gasteiger partial charge in [-0.1, -0.05) is 32.4 Å². The average molecular weight is 229 g/mol.